The lowest BCUT2D eigenvalue weighted by Crippen LogP contribution is -1.90. The molecule has 4 heteroatoms. The zero-order valence-electron chi connectivity index (χ0n) is 5.95. The quantitative estimate of drug-likeness (QED) is 0.451. The largest absolute Gasteiger partial charge is 0.396 e. The van der Waals surface area contributed by atoms with E-state index in [1.54, 1.807) is 23.5 Å². The van der Waals surface area contributed by atoms with Crippen LogP contribution in [0, 0.1) is 0 Å². The average Bonchev–Trinajstić information content (AvgIpc) is 1.97. The second-order valence-corrected chi connectivity index (χ2v) is 4.03. The molecule has 0 aliphatic rings. The molecule has 0 amide bonds. The maximum Gasteiger partial charge on any atom is 0.0885 e. The first-order chi connectivity index (χ1) is 4.91. The van der Waals surface area contributed by atoms with E-state index < -0.39 is 0 Å². The van der Waals surface area contributed by atoms with Gasteiger partial charge < -0.3 is 10.2 Å². The van der Waals surface area contributed by atoms with Gasteiger partial charge in [0.1, 0.15) is 0 Å². The highest BCUT2D eigenvalue weighted by molar-refractivity contribution is 8.00. The van der Waals surface area contributed by atoms with Gasteiger partial charge in [0.05, 0.1) is 12.5 Å². The lowest BCUT2D eigenvalue weighted by molar-refractivity contribution is 0.322. The van der Waals surface area contributed by atoms with Crippen molar-refractivity contribution in [2.45, 2.75) is 6.42 Å². The summed E-state index contributed by atoms with van der Waals surface area (Å²) in [4.78, 5) is 0. The van der Waals surface area contributed by atoms with Gasteiger partial charge in [0.25, 0.3) is 0 Å². The molecule has 0 saturated carbocycles. The number of hydrogen-bond acceptors (Lipinski definition) is 4. The first kappa shape index (κ1) is 10.6. The standard InChI is InChI=1S/C6H14O2S2/c7-2-5-9-3-1-4-10-6-8/h7-8H,1-6H2. The fraction of sp³-hybridized carbons (Fsp3) is 1.00. The minimum absolute atomic E-state index is 0.227. The van der Waals surface area contributed by atoms with Crippen LogP contribution in [0.2, 0.25) is 0 Å². The zero-order chi connectivity index (χ0) is 7.66. The van der Waals surface area contributed by atoms with E-state index in [1.165, 1.54) is 0 Å². The van der Waals surface area contributed by atoms with E-state index >= 15 is 0 Å². The van der Waals surface area contributed by atoms with Crippen molar-refractivity contribution in [1.82, 2.24) is 0 Å². The van der Waals surface area contributed by atoms with Crippen molar-refractivity contribution < 1.29 is 10.2 Å². The maximum absolute atomic E-state index is 8.40. The van der Waals surface area contributed by atoms with Crippen LogP contribution in [0.4, 0.5) is 0 Å². The van der Waals surface area contributed by atoms with Gasteiger partial charge in [0, 0.05) is 5.75 Å². The minimum Gasteiger partial charge on any atom is -0.396 e. The van der Waals surface area contributed by atoms with E-state index in [0.29, 0.717) is 0 Å². The summed E-state index contributed by atoms with van der Waals surface area (Å²) in [5, 5.41) is 16.8. The molecule has 2 N–H and O–H groups in total. The van der Waals surface area contributed by atoms with Crippen molar-refractivity contribution in [1.29, 1.82) is 0 Å². The van der Waals surface area contributed by atoms with Crippen molar-refractivity contribution in [3.8, 4) is 0 Å². The summed E-state index contributed by atoms with van der Waals surface area (Å²) < 4.78 is 0. The Morgan fingerprint density at radius 1 is 0.900 bits per heavy atom. The molecular weight excluding hydrogens is 168 g/mol. The van der Waals surface area contributed by atoms with Crippen molar-refractivity contribution in [3.05, 3.63) is 0 Å². The molecule has 0 spiro atoms. The van der Waals surface area contributed by atoms with Gasteiger partial charge in [-0.3, -0.25) is 0 Å². The molecule has 0 aromatic heterocycles. The summed E-state index contributed by atoms with van der Waals surface area (Å²) in [5.74, 6) is 3.18. The van der Waals surface area contributed by atoms with Crippen LogP contribution in [0.15, 0.2) is 0 Å². The Morgan fingerprint density at radius 3 is 2.20 bits per heavy atom. The number of hydrogen-bond donors (Lipinski definition) is 2. The highest BCUT2D eigenvalue weighted by Crippen LogP contribution is 2.05. The Balaban J connectivity index is 2.65. The Hall–Kier alpha value is 0.620. The summed E-state index contributed by atoms with van der Waals surface area (Å²) in [5.41, 5.74) is 0. The van der Waals surface area contributed by atoms with Crippen molar-refractivity contribution in [2.24, 2.45) is 0 Å². The highest BCUT2D eigenvalue weighted by Gasteiger charge is 1.88. The van der Waals surface area contributed by atoms with Crippen molar-refractivity contribution >= 4 is 23.5 Å². The third kappa shape index (κ3) is 8.62. The van der Waals surface area contributed by atoms with E-state index in [0.717, 1.165) is 23.7 Å². The average molecular weight is 182 g/mol. The molecule has 0 bridgehead atoms. The topological polar surface area (TPSA) is 40.5 Å². The minimum atomic E-state index is 0.227. The van der Waals surface area contributed by atoms with Crippen LogP contribution >= 0.6 is 23.5 Å². The van der Waals surface area contributed by atoms with Crippen LogP contribution in [-0.4, -0.2) is 40.0 Å². The van der Waals surface area contributed by atoms with Gasteiger partial charge in [-0.1, -0.05) is 0 Å². The zero-order valence-corrected chi connectivity index (χ0v) is 7.59. The SMILES string of the molecule is OCCSCCCSCO. The number of aliphatic hydroxyl groups excluding tert-OH is 2. The van der Waals surface area contributed by atoms with Crippen LogP contribution in [0.1, 0.15) is 6.42 Å². The van der Waals surface area contributed by atoms with Gasteiger partial charge in [-0.15, -0.1) is 11.8 Å². The summed E-state index contributed by atoms with van der Waals surface area (Å²) in [6.07, 6.45) is 1.12. The molecule has 0 aromatic carbocycles. The molecule has 62 valence electrons. The smallest absolute Gasteiger partial charge is 0.0885 e. The molecule has 0 aliphatic carbocycles. The first-order valence-electron chi connectivity index (χ1n) is 3.29. The Kier molecular flexibility index (Phi) is 10.2. The number of rotatable bonds is 7. The Morgan fingerprint density at radius 2 is 1.60 bits per heavy atom. The second kappa shape index (κ2) is 9.62. The molecule has 0 atom stereocenters. The molecule has 0 radical (unpaired) electrons. The first-order valence-corrected chi connectivity index (χ1v) is 5.60. The number of aliphatic hydroxyl groups is 2. The molecular formula is C6H14O2S2. The Labute approximate surface area is 70.4 Å². The molecule has 0 saturated heterocycles. The maximum atomic E-state index is 8.40. The van der Waals surface area contributed by atoms with Gasteiger partial charge in [0.2, 0.25) is 0 Å². The summed E-state index contributed by atoms with van der Waals surface area (Å²) in [6.45, 7) is 0.276. The summed E-state index contributed by atoms with van der Waals surface area (Å²) in [7, 11) is 0. The monoisotopic (exact) mass is 182 g/mol. The normalized spacial score (nSPS) is 10.2. The third-order valence-corrected chi connectivity index (χ3v) is 2.71. The van der Waals surface area contributed by atoms with Crippen LogP contribution in [0.25, 0.3) is 0 Å². The lowest BCUT2D eigenvalue weighted by Gasteiger charge is -1.97. The third-order valence-electron chi connectivity index (χ3n) is 0.904. The van der Waals surface area contributed by atoms with E-state index in [-0.39, 0.29) is 12.5 Å². The molecule has 0 rings (SSSR count). The lowest BCUT2D eigenvalue weighted by atomic mass is 10.6. The molecule has 0 fully saturated rings. The molecule has 0 unspecified atom stereocenters. The molecule has 10 heavy (non-hydrogen) atoms. The summed E-state index contributed by atoms with van der Waals surface area (Å²) >= 11 is 3.30. The van der Waals surface area contributed by atoms with Gasteiger partial charge in [-0.05, 0) is 17.9 Å². The molecule has 2 nitrogen and oxygen atoms in total. The molecule has 0 aliphatic heterocycles. The van der Waals surface area contributed by atoms with Crippen LogP contribution in [0.5, 0.6) is 0 Å². The van der Waals surface area contributed by atoms with E-state index in [1.807, 2.05) is 0 Å². The summed E-state index contributed by atoms with van der Waals surface area (Å²) in [6, 6.07) is 0. The Bertz CT molecular complexity index is 53.7. The number of thioether (sulfide) groups is 2. The van der Waals surface area contributed by atoms with Crippen molar-refractivity contribution in [2.75, 3.05) is 29.8 Å². The van der Waals surface area contributed by atoms with Gasteiger partial charge in [0.15, 0.2) is 0 Å². The predicted molar refractivity (Wildman–Crippen MR) is 48.6 cm³/mol. The van der Waals surface area contributed by atoms with Gasteiger partial charge in [-0.2, -0.15) is 11.8 Å². The fourth-order valence-electron chi connectivity index (χ4n) is 0.494. The highest BCUT2D eigenvalue weighted by atomic mass is 32.2. The van der Waals surface area contributed by atoms with Crippen LogP contribution in [-0.2, 0) is 0 Å². The van der Waals surface area contributed by atoms with Crippen LogP contribution in [0.3, 0.4) is 0 Å². The van der Waals surface area contributed by atoms with E-state index in [9.17, 15) is 0 Å². The predicted octanol–water partition coefficient (Wildman–Crippen LogP) is 0.785. The second-order valence-electron chi connectivity index (χ2n) is 1.73. The van der Waals surface area contributed by atoms with E-state index in [4.69, 9.17) is 10.2 Å². The fourth-order valence-corrected chi connectivity index (χ4v) is 1.84. The van der Waals surface area contributed by atoms with Gasteiger partial charge >= 0.3 is 0 Å². The van der Waals surface area contributed by atoms with Gasteiger partial charge in [-0.25, -0.2) is 0 Å². The van der Waals surface area contributed by atoms with E-state index in [2.05, 4.69) is 0 Å². The molecule has 0 aromatic rings. The van der Waals surface area contributed by atoms with Crippen molar-refractivity contribution in [3.63, 3.8) is 0 Å². The molecule has 0 heterocycles. The van der Waals surface area contributed by atoms with Crippen LogP contribution < -0.4 is 0 Å².